The van der Waals surface area contributed by atoms with Crippen LogP contribution in [-0.2, 0) is 10.3 Å². The molecule has 112 valence electrons. The van der Waals surface area contributed by atoms with Crippen LogP contribution < -0.4 is 5.32 Å². The highest BCUT2D eigenvalue weighted by molar-refractivity contribution is 7.98. The molecule has 0 saturated heterocycles. The van der Waals surface area contributed by atoms with Crippen molar-refractivity contribution in [2.24, 2.45) is 5.41 Å². The molecule has 3 heteroatoms. The van der Waals surface area contributed by atoms with Crippen molar-refractivity contribution >= 4 is 18.0 Å². The molecule has 0 saturated carbocycles. The molecule has 1 unspecified atom stereocenters. The first kappa shape index (κ1) is 16.1. The summed E-state index contributed by atoms with van der Waals surface area (Å²) in [6, 6.07) is 8.69. The summed E-state index contributed by atoms with van der Waals surface area (Å²) in [6.45, 7) is 5.13. The second-order valence-electron chi connectivity index (χ2n) is 5.86. The van der Waals surface area contributed by atoms with Crippen molar-refractivity contribution in [2.75, 3.05) is 12.8 Å². The summed E-state index contributed by atoms with van der Waals surface area (Å²) in [5.74, 6) is 0. The van der Waals surface area contributed by atoms with Crippen LogP contribution in [0, 0.1) is 5.41 Å². The van der Waals surface area contributed by atoms with Crippen molar-refractivity contribution in [1.29, 1.82) is 0 Å². The van der Waals surface area contributed by atoms with E-state index in [-0.39, 0.29) is 11.0 Å². The van der Waals surface area contributed by atoms with Gasteiger partial charge in [-0.1, -0.05) is 50.3 Å². The van der Waals surface area contributed by atoms with Gasteiger partial charge in [-0.25, -0.2) is 0 Å². The Bertz CT molecular complexity index is 545. The average molecular weight is 301 g/mol. The maximum Gasteiger partial charge on any atom is 0.121 e. The summed E-state index contributed by atoms with van der Waals surface area (Å²) < 4.78 is 0. The third-order valence-corrected chi connectivity index (χ3v) is 4.94. The number of hydrogen-bond acceptors (Lipinski definition) is 3. The number of nitrogens with one attached hydrogen (secondary N) is 1. The number of hydrogen-bond donors (Lipinski definition) is 1. The summed E-state index contributed by atoms with van der Waals surface area (Å²) in [5.41, 5.74) is 0.893. The summed E-state index contributed by atoms with van der Waals surface area (Å²) in [5, 5.41) is 3.60. The Morgan fingerprint density at radius 1 is 1.14 bits per heavy atom. The van der Waals surface area contributed by atoms with Crippen molar-refractivity contribution in [3.63, 3.8) is 0 Å². The smallest absolute Gasteiger partial charge is 0.121 e. The fraction of sp³-hybridized carbons (Fsp3) is 0.389. The molecule has 21 heavy (non-hydrogen) atoms. The first-order valence-electron chi connectivity index (χ1n) is 7.26. The normalized spacial score (nSPS) is 23.2. The molecule has 1 aromatic carbocycles. The van der Waals surface area contributed by atoms with E-state index in [0.29, 0.717) is 13.0 Å². The Morgan fingerprint density at radius 3 is 2.38 bits per heavy atom. The minimum atomic E-state index is -0.276. The molecule has 1 aliphatic rings. The lowest BCUT2D eigenvalue weighted by molar-refractivity contribution is -0.107. The lowest BCUT2D eigenvalue weighted by Crippen LogP contribution is -2.52. The molecule has 2 nitrogen and oxygen atoms in total. The Kier molecular flexibility index (Phi) is 5.07. The Balaban J connectivity index is 2.41. The second-order valence-corrected chi connectivity index (χ2v) is 6.74. The van der Waals surface area contributed by atoms with Crippen LogP contribution in [-0.4, -0.2) is 19.1 Å². The topological polar surface area (TPSA) is 29.1 Å². The number of carbonyl (C=O) groups excluding carboxylic acids is 1. The van der Waals surface area contributed by atoms with Gasteiger partial charge < -0.3 is 10.1 Å². The number of rotatable bonds is 6. The SMILES string of the molecule is CSc1ccc(C2(NCCC=O)C=CC=CC2(C)C)cc1. The largest absolute Gasteiger partial charge is 0.303 e. The molecule has 1 aromatic rings. The lowest BCUT2D eigenvalue weighted by Gasteiger charge is -2.46. The Hall–Kier alpha value is -1.32. The molecular formula is C18H23NOS. The second kappa shape index (κ2) is 6.63. The zero-order valence-electron chi connectivity index (χ0n) is 12.9. The van der Waals surface area contributed by atoms with Crippen molar-refractivity contribution in [3.05, 3.63) is 54.1 Å². The molecule has 0 aliphatic heterocycles. The van der Waals surface area contributed by atoms with Crippen molar-refractivity contribution < 1.29 is 4.79 Å². The monoisotopic (exact) mass is 301 g/mol. The zero-order chi connectivity index (χ0) is 15.3. The molecule has 0 fully saturated rings. The highest BCUT2D eigenvalue weighted by Crippen LogP contribution is 2.44. The summed E-state index contributed by atoms with van der Waals surface area (Å²) in [4.78, 5) is 11.9. The quantitative estimate of drug-likeness (QED) is 0.490. The predicted molar refractivity (Wildman–Crippen MR) is 90.6 cm³/mol. The molecule has 0 spiro atoms. The average Bonchev–Trinajstić information content (AvgIpc) is 2.49. The maximum absolute atomic E-state index is 10.7. The van der Waals surface area contributed by atoms with Crippen LogP contribution in [0.15, 0.2) is 53.5 Å². The minimum absolute atomic E-state index is 0.0640. The Labute approximate surface area is 131 Å². The van der Waals surface area contributed by atoms with E-state index >= 15 is 0 Å². The third kappa shape index (κ3) is 3.14. The molecule has 2 rings (SSSR count). The fourth-order valence-corrected chi connectivity index (χ4v) is 3.29. The standard InChI is InChI=1S/C18H23NOS/c1-17(2)11-4-5-12-18(17,19-13-6-14-20)15-7-9-16(21-3)10-8-15/h4-5,7-12,14,19H,6,13H2,1-3H3. The minimum Gasteiger partial charge on any atom is -0.303 e. The van der Waals surface area contributed by atoms with Gasteiger partial charge in [0.2, 0.25) is 0 Å². The molecule has 1 aliphatic carbocycles. The first-order valence-corrected chi connectivity index (χ1v) is 8.48. The molecule has 0 bridgehead atoms. The van der Waals surface area contributed by atoms with Gasteiger partial charge in [0.25, 0.3) is 0 Å². The van der Waals surface area contributed by atoms with E-state index in [1.54, 1.807) is 11.8 Å². The third-order valence-electron chi connectivity index (χ3n) is 4.20. The summed E-state index contributed by atoms with van der Waals surface area (Å²) in [6.07, 6.45) is 12.2. The number of aldehydes is 1. The van der Waals surface area contributed by atoms with E-state index in [9.17, 15) is 4.79 Å². The molecule has 0 amide bonds. The molecule has 0 aromatic heterocycles. The first-order chi connectivity index (χ1) is 10.1. The number of thioether (sulfide) groups is 1. The Morgan fingerprint density at radius 2 is 1.81 bits per heavy atom. The van der Waals surface area contributed by atoms with E-state index in [1.807, 2.05) is 0 Å². The van der Waals surface area contributed by atoms with Gasteiger partial charge in [0, 0.05) is 23.3 Å². The van der Waals surface area contributed by atoms with Crippen LogP contribution in [0.4, 0.5) is 0 Å². The number of allylic oxidation sites excluding steroid dienone is 2. The van der Waals surface area contributed by atoms with Gasteiger partial charge in [0.1, 0.15) is 6.29 Å². The van der Waals surface area contributed by atoms with Gasteiger partial charge in [-0.05, 0) is 24.0 Å². The van der Waals surface area contributed by atoms with Crippen molar-refractivity contribution in [3.8, 4) is 0 Å². The summed E-state index contributed by atoms with van der Waals surface area (Å²) in [7, 11) is 0. The summed E-state index contributed by atoms with van der Waals surface area (Å²) >= 11 is 1.75. The molecule has 0 radical (unpaired) electrons. The van der Waals surface area contributed by atoms with Crippen molar-refractivity contribution in [1.82, 2.24) is 5.32 Å². The van der Waals surface area contributed by atoms with E-state index < -0.39 is 0 Å². The molecule has 1 N–H and O–H groups in total. The maximum atomic E-state index is 10.7. The number of benzene rings is 1. The predicted octanol–water partition coefficient (Wildman–Crippen LogP) is 3.93. The van der Waals surface area contributed by atoms with E-state index in [0.717, 1.165) is 6.29 Å². The highest BCUT2D eigenvalue weighted by atomic mass is 32.2. The highest BCUT2D eigenvalue weighted by Gasteiger charge is 2.43. The van der Waals surface area contributed by atoms with Gasteiger partial charge in [-0.2, -0.15) is 0 Å². The van der Waals surface area contributed by atoms with Crippen LogP contribution in [0.1, 0.15) is 25.8 Å². The van der Waals surface area contributed by atoms with Gasteiger partial charge >= 0.3 is 0 Å². The van der Waals surface area contributed by atoms with Gasteiger partial charge in [-0.3, -0.25) is 0 Å². The van der Waals surface area contributed by atoms with Crippen LogP contribution in [0.5, 0.6) is 0 Å². The van der Waals surface area contributed by atoms with Gasteiger partial charge in [-0.15, -0.1) is 11.8 Å². The fourth-order valence-electron chi connectivity index (χ4n) is 2.88. The van der Waals surface area contributed by atoms with Crippen LogP contribution in [0.2, 0.25) is 0 Å². The van der Waals surface area contributed by atoms with Gasteiger partial charge in [0.05, 0.1) is 5.54 Å². The van der Waals surface area contributed by atoms with Crippen LogP contribution in [0.25, 0.3) is 0 Å². The lowest BCUT2D eigenvalue weighted by atomic mass is 9.66. The van der Waals surface area contributed by atoms with E-state index in [1.165, 1.54) is 10.5 Å². The number of carbonyl (C=O) groups is 1. The molecular weight excluding hydrogens is 278 g/mol. The molecule has 0 heterocycles. The molecule has 1 atom stereocenters. The van der Waals surface area contributed by atoms with Gasteiger partial charge in [0.15, 0.2) is 0 Å². The van der Waals surface area contributed by atoms with Crippen molar-refractivity contribution in [2.45, 2.75) is 30.7 Å². The van der Waals surface area contributed by atoms with E-state index in [4.69, 9.17) is 0 Å². The zero-order valence-corrected chi connectivity index (χ0v) is 13.7. The van der Waals surface area contributed by atoms with Crippen LogP contribution >= 0.6 is 11.8 Å². The van der Waals surface area contributed by atoms with Crippen LogP contribution in [0.3, 0.4) is 0 Å². The van der Waals surface area contributed by atoms with E-state index in [2.05, 4.69) is 74.0 Å².